The molecule has 100 valence electrons. The number of carbonyl (C=O) groups excluding carboxylic acids is 1. The van der Waals surface area contributed by atoms with E-state index in [0.717, 1.165) is 0 Å². The van der Waals surface area contributed by atoms with Crippen molar-refractivity contribution in [3.8, 4) is 0 Å². The minimum atomic E-state index is -0.277. The third kappa shape index (κ3) is 3.95. The number of amides is 1. The van der Waals surface area contributed by atoms with Crippen molar-refractivity contribution < 1.29 is 9.53 Å². The molecule has 1 amide bonds. The molecule has 0 aromatic rings. The Morgan fingerprint density at radius 2 is 1.59 bits per heavy atom. The number of alkyl halides is 1. The molecule has 0 saturated carbocycles. The molecule has 4 heteroatoms. The van der Waals surface area contributed by atoms with Gasteiger partial charge in [-0.05, 0) is 33.6 Å². The normalized spacial score (nSPS) is 24.8. The van der Waals surface area contributed by atoms with Crippen LogP contribution in [0.15, 0.2) is 0 Å². The van der Waals surface area contributed by atoms with Crippen LogP contribution < -0.4 is 0 Å². The highest BCUT2D eigenvalue weighted by Gasteiger charge is 2.41. The highest BCUT2D eigenvalue weighted by molar-refractivity contribution is 9.10. The molecule has 1 aliphatic rings. The molecule has 3 nitrogen and oxygen atoms in total. The van der Waals surface area contributed by atoms with E-state index < -0.39 is 0 Å². The predicted octanol–water partition coefficient (Wildman–Crippen LogP) is 2.82. The Morgan fingerprint density at radius 1 is 1.18 bits per heavy atom. The summed E-state index contributed by atoms with van der Waals surface area (Å²) in [7, 11) is 0. The van der Waals surface area contributed by atoms with Crippen molar-refractivity contribution in [1.29, 1.82) is 0 Å². The van der Waals surface area contributed by atoms with E-state index in [4.69, 9.17) is 4.74 Å². The molecule has 0 bridgehead atoms. The lowest BCUT2D eigenvalue weighted by atomic mass is 9.98. The zero-order valence-electron chi connectivity index (χ0n) is 11.7. The quantitative estimate of drug-likeness (QED) is 0.734. The van der Waals surface area contributed by atoms with E-state index >= 15 is 0 Å². The summed E-state index contributed by atoms with van der Waals surface area (Å²) < 4.78 is 5.97. The van der Waals surface area contributed by atoms with Crippen LogP contribution in [-0.4, -0.2) is 39.9 Å². The van der Waals surface area contributed by atoms with E-state index in [1.54, 1.807) is 0 Å². The Balaban J connectivity index is 2.81. The lowest BCUT2D eigenvalue weighted by Crippen LogP contribution is -2.60. The SMILES string of the molecule is CC(C)C(Br)C(=O)N1CC(C)(C)OC(C)(C)C1. The van der Waals surface area contributed by atoms with Gasteiger partial charge in [-0.25, -0.2) is 0 Å². The van der Waals surface area contributed by atoms with Crippen molar-refractivity contribution >= 4 is 21.8 Å². The van der Waals surface area contributed by atoms with Crippen molar-refractivity contribution in [3.63, 3.8) is 0 Å². The van der Waals surface area contributed by atoms with Crippen molar-refractivity contribution in [1.82, 2.24) is 4.90 Å². The third-order valence-electron chi connectivity index (χ3n) is 2.83. The van der Waals surface area contributed by atoms with Gasteiger partial charge in [-0.15, -0.1) is 0 Å². The van der Waals surface area contributed by atoms with Crippen LogP contribution >= 0.6 is 15.9 Å². The molecule has 0 N–H and O–H groups in total. The number of hydrogen-bond acceptors (Lipinski definition) is 2. The number of nitrogens with zero attached hydrogens (tertiary/aromatic N) is 1. The highest BCUT2D eigenvalue weighted by atomic mass is 79.9. The summed E-state index contributed by atoms with van der Waals surface area (Å²) >= 11 is 3.49. The maximum atomic E-state index is 12.3. The van der Waals surface area contributed by atoms with Crippen molar-refractivity contribution in [3.05, 3.63) is 0 Å². The van der Waals surface area contributed by atoms with Crippen molar-refractivity contribution in [2.24, 2.45) is 5.92 Å². The lowest BCUT2D eigenvalue weighted by Gasteiger charge is -2.47. The average molecular weight is 306 g/mol. The van der Waals surface area contributed by atoms with Gasteiger partial charge in [-0.1, -0.05) is 29.8 Å². The monoisotopic (exact) mass is 305 g/mol. The zero-order chi connectivity index (χ0) is 13.4. The van der Waals surface area contributed by atoms with Crippen LogP contribution in [0.2, 0.25) is 0 Å². The second kappa shape index (κ2) is 4.88. The van der Waals surface area contributed by atoms with Crippen molar-refractivity contribution in [2.45, 2.75) is 57.6 Å². The molecule has 1 aliphatic heterocycles. The summed E-state index contributed by atoms with van der Waals surface area (Å²) in [5.74, 6) is 0.473. The van der Waals surface area contributed by atoms with Crippen molar-refractivity contribution in [2.75, 3.05) is 13.1 Å². The van der Waals surface area contributed by atoms with Crippen LogP contribution in [-0.2, 0) is 9.53 Å². The van der Waals surface area contributed by atoms with Crippen LogP contribution in [0.4, 0.5) is 0 Å². The Bertz CT molecular complexity index is 284. The molecule has 0 radical (unpaired) electrons. The summed E-state index contributed by atoms with van der Waals surface area (Å²) in [6.45, 7) is 13.6. The van der Waals surface area contributed by atoms with Crippen LogP contribution in [0.5, 0.6) is 0 Å². The number of hydrogen-bond donors (Lipinski definition) is 0. The molecule has 1 heterocycles. The van der Waals surface area contributed by atoms with Crippen LogP contribution in [0.25, 0.3) is 0 Å². The van der Waals surface area contributed by atoms with E-state index in [-0.39, 0.29) is 21.9 Å². The number of ether oxygens (including phenoxy) is 1. The summed E-state index contributed by atoms with van der Waals surface area (Å²) in [4.78, 5) is 14.2. The van der Waals surface area contributed by atoms with Gasteiger partial charge in [-0.3, -0.25) is 4.79 Å². The third-order valence-corrected chi connectivity index (χ3v) is 4.28. The molecule has 1 fully saturated rings. The molecular weight excluding hydrogens is 282 g/mol. The summed E-state index contributed by atoms with van der Waals surface area (Å²) in [5, 5.41) is 0. The van der Waals surface area contributed by atoms with Gasteiger partial charge in [0.15, 0.2) is 0 Å². The van der Waals surface area contributed by atoms with E-state index in [1.807, 2.05) is 46.4 Å². The van der Waals surface area contributed by atoms with E-state index in [0.29, 0.717) is 19.0 Å². The predicted molar refractivity (Wildman–Crippen MR) is 73.4 cm³/mol. The second-order valence-electron chi connectivity index (χ2n) is 6.46. The Morgan fingerprint density at radius 3 is 1.94 bits per heavy atom. The average Bonchev–Trinajstić information content (AvgIpc) is 2.10. The molecule has 17 heavy (non-hydrogen) atoms. The van der Waals surface area contributed by atoms with E-state index in [2.05, 4.69) is 15.9 Å². The molecular formula is C13H24BrNO2. The standard InChI is InChI=1S/C13H24BrNO2/c1-9(2)10(14)11(16)15-7-12(3,4)17-13(5,6)8-15/h9-10H,7-8H2,1-6H3. The molecule has 1 unspecified atom stereocenters. The number of rotatable bonds is 2. The first-order valence-electron chi connectivity index (χ1n) is 6.17. The summed E-state index contributed by atoms with van der Waals surface area (Å²) in [5.41, 5.74) is -0.553. The largest absolute Gasteiger partial charge is 0.366 e. The summed E-state index contributed by atoms with van der Waals surface area (Å²) in [6, 6.07) is 0. The second-order valence-corrected chi connectivity index (χ2v) is 7.45. The van der Waals surface area contributed by atoms with Gasteiger partial charge in [0.25, 0.3) is 0 Å². The van der Waals surface area contributed by atoms with E-state index in [9.17, 15) is 4.79 Å². The molecule has 0 aromatic carbocycles. The van der Waals surface area contributed by atoms with Gasteiger partial charge in [0.2, 0.25) is 5.91 Å². The van der Waals surface area contributed by atoms with Gasteiger partial charge in [0.1, 0.15) is 0 Å². The van der Waals surface area contributed by atoms with Gasteiger partial charge in [0, 0.05) is 13.1 Å². The summed E-state index contributed by atoms with van der Waals surface area (Å²) in [6.07, 6.45) is 0. The van der Waals surface area contributed by atoms with Crippen LogP contribution in [0, 0.1) is 5.92 Å². The molecule has 1 rings (SSSR count). The fourth-order valence-corrected chi connectivity index (χ4v) is 2.69. The Kier molecular flexibility index (Phi) is 4.30. The Hall–Kier alpha value is -0.0900. The van der Waals surface area contributed by atoms with Gasteiger partial charge in [-0.2, -0.15) is 0 Å². The van der Waals surface area contributed by atoms with E-state index in [1.165, 1.54) is 0 Å². The number of halogens is 1. The molecule has 0 aromatic heterocycles. The first-order valence-corrected chi connectivity index (χ1v) is 7.09. The van der Waals surface area contributed by atoms with Gasteiger partial charge >= 0.3 is 0 Å². The molecule has 0 spiro atoms. The van der Waals surface area contributed by atoms with Crippen LogP contribution in [0.3, 0.4) is 0 Å². The number of morpholine rings is 1. The number of carbonyl (C=O) groups is 1. The zero-order valence-corrected chi connectivity index (χ0v) is 13.3. The molecule has 1 saturated heterocycles. The minimum Gasteiger partial charge on any atom is -0.366 e. The topological polar surface area (TPSA) is 29.5 Å². The first kappa shape index (κ1) is 15.0. The molecule has 1 atom stereocenters. The fourth-order valence-electron chi connectivity index (χ4n) is 2.40. The smallest absolute Gasteiger partial charge is 0.236 e. The highest BCUT2D eigenvalue weighted by Crippen LogP contribution is 2.29. The maximum Gasteiger partial charge on any atom is 0.236 e. The van der Waals surface area contributed by atoms with Gasteiger partial charge < -0.3 is 9.64 Å². The fraction of sp³-hybridized carbons (Fsp3) is 0.923. The van der Waals surface area contributed by atoms with Crippen LogP contribution in [0.1, 0.15) is 41.5 Å². The first-order chi connectivity index (χ1) is 7.54. The minimum absolute atomic E-state index is 0.104. The Labute approximate surface area is 113 Å². The molecule has 0 aliphatic carbocycles. The lowest BCUT2D eigenvalue weighted by molar-refractivity contribution is -0.187. The maximum absolute atomic E-state index is 12.3. The van der Waals surface area contributed by atoms with Gasteiger partial charge in [0.05, 0.1) is 16.0 Å².